The molecule has 0 aliphatic rings. The first-order chi connectivity index (χ1) is 9.20. The van der Waals surface area contributed by atoms with Gasteiger partial charge in [-0.2, -0.15) is 5.10 Å². The SMILES string of the molecule is CCCn1cc(C(=O)CC(N)c2ccccc2)cn1. The summed E-state index contributed by atoms with van der Waals surface area (Å²) >= 11 is 0. The summed E-state index contributed by atoms with van der Waals surface area (Å²) in [5, 5.41) is 4.16. The predicted octanol–water partition coefficient (Wildman–Crippen LogP) is 2.57. The second-order valence-electron chi connectivity index (χ2n) is 4.64. The quantitative estimate of drug-likeness (QED) is 0.809. The van der Waals surface area contributed by atoms with E-state index in [2.05, 4.69) is 12.0 Å². The zero-order chi connectivity index (χ0) is 13.7. The van der Waals surface area contributed by atoms with Gasteiger partial charge in [-0.1, -0.05) is 37.3 Å². The normalized spacial score (nSPS) is 12.3. The maximum atomic E-state index is 12.1. The molecule has 0 aliphatic carbocycles. The second-order valence-corrected chi connectivity index (χ2v) is 4.64. The number of aryl methyl sites for hydroxylation is 1. The van der Waals surface area contributed by atoms with Crippen molar-refractivity contribution < 1.29 is 4.79 Å². The monoisotopic (exact) mass is 257 g/mol. The van der Waals surface area contributed by atoms with E-state index < -0.39 is 0 Å². The highest BCUT2D eigenvalue weighted by Crippen LogP contribution is 2.16. The molecular formula is C15H19N3O. The Hall–Kier alpha value is -1.94. The van der Waals surface area contributed by atoms with Crippen molar-refractivity contribution >= 4 is 5.78 Å². The number of rotatable bonds is 6. The zero-order valence-electron chi connectivity index (χ0n) is 11.1. The number of carbonyl (C=O) groups excluding carboxylic acids is 1. The summed E-state index contributed by atoms with van der Waals surface area (Å²) in [5.74, 6) is 0.0405. The molecule has 4 nitrogen and oxygen atoms in total. The Labute approximate surface area is 113 Å². The van der Waals surface area contributed by atoms with Crippen molar-refractivity contribution in [3.8, 4) is 0 Å². The lowest BCUT2D eigenvalue weighted by atomic mass is 10.0. The van der Waals surface area contributed by atoms with Crippen LogP contribution in [0.2, 0.25) is 0 Å². The standard InChI is InChI=1S/C15H19N3O/c1-2-8-18-11-13(10-17-18)15(19)9-14(16)12-6-4-3-5-7-12/h3-7,10-11,14H,2,8-9,16H2,1H3. The van der Waals surface area contributed by atoms with E-state index in [-0.39, 0.29) is 11.8 Å². The van der Waals surface area contributed by atoms with E-state index in [4.69, 9.17) is 5.73 Å². The minimum Gasteiger partial charge on any atom is -0.324 e. The van der Waals surface area contributed by atoms with Crippen molar-refractivity contribution in [1.82, 2.24) is 9.78 Å². The topological polar surface area (TPSA) is 60.9 Å². The molecule has 2 aromatic rings. The van der Waals surface area contributed by atoms with Gasteiger partial charge in [0.1, 0.15) is 0 Å². The van der Waals surface area contributed by atoms with Crippen LogP contribution in [0.1, 0.15) is 41.7 Å². The lowest BCUT2D eigenvalue weighted by Gasteiger charge is -2.10. The van der Waals surface area contributed by atoms with Gasteiger partial charge in [-0.05, 0) is 12.0 Å². The lowest BCUT2D eigenvalue weighted by molar-refractivity contribution is 0.0974. The van der Waals surface area contributed by atoms with E-state index in [9.17, 15) is 4.79 Å². The fraction of sp³-hybridized carbons (Fsp3) is 0.333. The van der Waals surface area contributed by atoms with Crippen LogP contribution in [0.5, 0.6) is 0 Å². The average Bonchev–Trinajstić information content (AvgIpc) is 2.89. The van der Waals surface area contributed by atoms with Crippen molar-refractivity contribution in [2.75, 3.05) is 0 Å². The third-order valence-corrected chi connectivity index (χ3v) is 3.04. The first kappa shape index (κ1) is 13.5. The number of ketones is 1. The number of benzene rings is 1. The van der Waals surface area contributed by atoms with Gasteiger partial charge in [0.25, 0.3) is 0 Å². The predicted molar refractivity (Wildman–Crippen MR) is 74.8 cm³/mol. The van der Waals surface area contributed by atoms with E-state index >= 15 is 0 Å². The van der Waals surface area contributed by atoms with Gasteiger partial charge in [-0.25, -0.2) is 0 Å². The third-order valence-electron chi connectivity index (χ3n) is 3.04. The van der Waals surface area contributed by atoms with Gasteiger partial charge in [0.05, 0.1) is 11.8 Å². The highest BCUT2D eigenvalue weighted by molar-refractivity contribution is 5.96. The summed E-state index contributed by atoms with van der Waals surface area (Å²) in [5.41, 5.74) is 7.67. The van der Waals surface area contributed by atoms with Crippen LogP contribution in [-0.2, 0) is 6.54 Å². The van der Waals surface area contributed by atoms with Crippen LogP contribution >= 0.6 is 0 Å². The minimum atomic E-state index is -0.261. The molecule has 1 aromatic carbocycles. The van der Waals surface area contributed by atoms with Gasteiger partial charge in [-0.15, -0.1) is 0 Å². The van der Waals surface area contributed by atoms with Crippen molar-refractivity contribution in [2.24, 2.45) is 5.73 Å². The Balaban J connectivity index is 2.00. The van der Waals surface area contributed by atoms with E-state index in [1.165, 1.54) is 0 Å². The first-order valence-corrected chi connectivity index (χ1v) is 6.57. The molecule has 19 heavy (non-hydrogen) atoms. The largest absolute Gasteiger partial charge is 0.324 e. The van der Waals surface area contributed by atoms with E-state index in [0.717, 1.165) is 18.5 Å². The maximum absolute atomic E-state index is 12.1. The second kappa shape index (κ2) is 6.29. The van der Waals surface area contributed by atoms with Gasteiger partial charge in [0, 0.05) is 25.2 Å². The van der Waals surface area contributed by atoms with Gasteiger partial charge in [0.2, 0.25) is 0 Å². The summed E-state index contributed by atoms with van der Waals surface area (Å²) in [6.07, 6.45) is 4.72. The Morgan fingerprint density at radius 1 is 1.37 bits per heavy atom. The molecule has 1 heterocycles. The summed E-state index contributed by atoms with van der Waals surface area (Å²) in [6.45, 7) is 2.91. The van der Waals surface area contributed by atoms with E-state index in [1.807, 2.05) is 30.3 Å². The van der Waals surface area contributed by atoms with E-state index in [1.54, 1.807) is 17.1 Å². The molecule has 4 heteroatoms. The Morgan fingerprint density at radius 3 is 2.79 bits per heavy atom. The molecule has 0 spiro atoms. The zero-order valence-corrected chi connectivity index (χ0v) is 11.1. The number of aromatic nitrogens is 2. The van der Waals surface area contributed by atoms with E-state index in [0.29, 0.717) is 12.0 Å². The Morgan fingerprint density at radius 2 is 2.11 bits per heavy atom. The molecule has 2 N–H and O–H groups in total. The Bertz CT molecular complexity index is 533. The van der Waals surface area contributed by atoms with Crippen LogP contribution in [0.3, 0.4) is 0 Å². The fourth-order valence-electron chi connectivity index (χ4n) is 1.99. The van der Waals surface area contributed by atoms with Crippen LogP contribution in [0.15, 0.2) is 42.7 Å². The summed E-state index contributed by atoms with van der Waals surface area (Å²) in [4.78, 5) is 12.1. The number of hydrogen-bond acceptors (Lipinski definition) is 3. The molecule has 1 aromatic heterocycles. The number of nitrogens with zero attached hydrogens (tertiary/aromatic N) is 2. The van der Waals surface area contributed by atoms with Crippen molar-refractivity contribution in [3.63, 3.8) is 0 Å². The molecule has 0 fully saturated rings. The third kappa shape index (κ3) is 3.51. The highest BCUT2D eigenvalue weighted by atomic mass is 16.1. The minimum absolute atomic E-state index is 0.0405. The molecule has 100 valence electrons. The molecule has 0 bridgehead atoms. The molecule has 1 atom stereocenters. The number of nitrogens with two attached hydrogens (primary N) is 1. The van der Waals surface area contributed by atoms with Gasteiger partial charge in [-0.3, -0.25) is 9.48 Å². The maximum Gasteiger partial charge on any atom is 0.167 e. The molecule has 1 unspecified atom stereocenters. The van der Waals surface area contributed by atoms with Crippen molar-refractivity contribution in [3.05, 3.63) is 53.9 Å². The number of hydrogen-bond donors (Lipinski definition) is 1. The van der Waals surface area contributed by atoms with Crippen LogP contribution in [-0.4, -0.2) is 15.6 Å². The van der Waals surface area contributed by atoms with Crippen LogP contribution in [0, 0.1) is 0 Å². The molecule has 0 aliphatic heterocycles. The first-order valence-electron chi connectivity index (χ1n) is 6.57. The lowest BCUT2D eigenvalue weighted by Crippen LogP contribution is -2.15. The molecule has 2 rings (SSSR count). The summed E-state index contributed by atoms with van der Waals surface area (Å²) in [6, 6.07) is 9.42. The number of carbonyl (C=O) groups is 1. The molecule has 0 saturated heterocycles. The molecular weight excluding hydrogens is 238 g/mol. The van der Waals surface area contributed by atoms with Gasteiger partial charge in [0.15, 0.2) is 5.78 Å². The molecule has 0 amide bonds. The van der Waals surface area contributed by atoms with Crippen LogP contribution < -0.4 is 5.73 Å². The van der Waals surface area contributed by atoms with Crippen molar-refractivity contribution in [2.45, 2.75) is 32.4 Å². The van der Waals surface area contributed by atoms with Gasteiger partial charge >= 0.3 is 0 Å². The highest BCUT2D eigenvalue weighted by Gasteiger charge is 2.14. The van der Waals surface area contributed by atoms with Gasteiger partial charge < -0.3 is 5.73 Å². The average molecular weight is 257 g/mol. The molecule has 0 saturated carbocycles. The fourth-order valence-corrected chi connectivity index (χ4v) is 1.99. The van der Waals surface area contributed by atoms with Crippen molar-refractivity contribution in [1.29, 1.82) is 0 Å². The summed E-state index contributed by atoms with van der Waals surface area (Å²) < 4.78 is 1.79. The molecule has 0 radical (unpaired) electrons. The van der Waals surface area contributed by atoms with Crippen LogP contribution in [0.25, 0.3) is 0 Å². The summed E-state index contributed by atoms with van der Waals surface area (Å²) in [7, 11) is 0. The smallest absolute Gasteiger partial charge is 0.167 e. The van der Waals surface area contributed by atoms with Crippen LogP contribution in [0.4, 0.5) is 0 Å². The Kier molecular flexibility index (Phi) is 4.47. The number of Topliss-reactive ketones (excluding diaryl/α,β-unsaturated/α-hetero) is 1.